The predicted octanol–water partition coefficient (Wildman–Crippen LogP) is 4.44. The van der Waals surface area contributed by atoms with Gasteiger partial charge in [-0.1, -0.05) is 96.1 Å². The van der Waals surface area contributed by atoms with Crippen LogP contribution in [-0.2, 0) is 51.2 Å². The molecule has 0 aliphatic carbocycles. The summed E-state index contributed by atoms with van der Waals surface area (Å²) in [5, 5.41) is 10.7. The molecule has 0 unspecified atom stereocenters. The van der Waals surface area contributed by atoms with Gasteiger partial charge in [-0.25, -0.2) is 0 Å². The van der Waals surface area contributed by atoms with E-state index in [4.69, 9.17) is 34.2 Å². The summed E-state index contributed by atoms with van der Waals surface area (Å²) in [7, 11) is 0. The Hall–Kier alpha value is -4.37. The smallest absolute Gasteiger partial charge is 0.306 e. The average Bonchev–Trinajstić information content (AvgIpc) is 3.17. The fourth-order valence-electron chi connectivity index (χ4n) is 6.06. The summed E-state index contributed by atoms with van der Waals surface area (Å²) in [5.74, 6) is -0.952. The van der Waals surface area contributed by atoms with Crippen LogP contribution in [0.15, 0.2) is 96.1 Å². The molecule has 0 spiro atoms. The van der Waals surface area contributed by atoms with Crippen LogP contribution in [0, 0.1) is 0 Å². The van der Waals surface area contributed by atoms with Crippen molar-refractivity contribution in [3.05, 3.63) is 118 Å². The first kappa shape index (κ1) is 38.9. The van der Waals surface area contributed by atoms with Crippen molar-refractivity contribution < 1.29 is 38.0 Å². The molecule has 0 bridgehead atoms. The van der Waals surface area contributed by atoms with Gasteiger partial charge in [0.2, 0.25) is 5.91 Å². The minimum absolute atomic E-state index is 0.0496. The van der Waals surface area contributed by atoms with Crippen molar-refractivity contribution in [2.45, 2.75) is 95.0 Å². The molecule has 0 aromatic heterocycles. The van der Waals surface area contributed by atoms with E-state index in [1.165, 1.54) is 0 Å². The lowest BCUT2D eigenvalue weighted by Crippen LogP contribution is -2.63. The number of hydrogen-bond donors (Lipinski definition) is 3. The normalized spacial score (nSPS) is 24.4. The Balaban J connectivity index is 1.16. The SMILES string of the molecule is C[C@H](CN[C@@H](C)CN[C@H](CCC(=O)OCc1ccccc1)C(N)=O)O[C@@H]1[C@@H](N=[N+]=[N-])[C@@H](OCc2ccccc2)O[C@@H]2CO[C@@H](c3ccccc3)O[C@@H]12. The van der Waals surface area contributed by atoms with Gasteiger partial charge in [0.25, 0.3) is 0 Å². The van der Waals surface area contributed by atoms with Crippen molar-refractivity contribution in [1.82, 2.24) is 10.6 Å². The van der Waals surface area contributed by atoms with E-state index in [0.717, 1.165) is 16.7 Å². The van der Waals surface area contributed by atoms with E-state index in [1.807, 2.05) is 105 Å². The third kappa shape index (κ3) is 11.6. The number of hydrogen-bond acceptors (Lipinski definition) is 11. The van der Waals surface area contributed by atoms with E-state index in [2.05, 4.69) is 20.7 Å². The van der Waals surface area contributed by atoms with Crippen LogP contribution in [0.5, 0.6) is 0 Å². The highest BCUT2D eigenvalue weighted by atomic mass is 16.8. The Morgan fingerprint density at radius 3 is 2.23 bits per heavy atom. The third-order valence-corrected chi connectivity index (χ3v) is 8.86. The molecule has 3 aromatic carbocycles. The topological polar surface area (TPSA) is 188 Å². The fraction of sp³-hybridized carbons (Fsp3) is 0.474. The Bertz CT molecular complexity index is 1580. The monoisotopic (exact) mass is 716 g/mol. The zero-order valence-corrected chi connectivity index (χ0v) is 29.5. The fourth-order valence-corrected chi connectivity index (χ4v) is 6.06. The van der Waals surface area contributed by atoms with Gasteiger partial charge in [-0.3, -0.25) is 9.59 Å². The van der Waals surface area contributed by atoms with Crippen LogP contribution in [0.3, 0.4) is 0 Å². The van der Waals surface area contributed by atoms with Crippen molar-refractivity contribution in [2.75, 3.05) is 19.7 Å². The molecule has 1 amide bonds. The molecule has 14 heteroatoms. The van der Waals surface area contributed by atoms with Gasteiger partial charge in [0.05, 0.1) is 25.4 Å². The molecule has 2 aliphatic rings. The van der Waals surface area contributed by atoms with Crippen molar-refractivity contribution in [1.29, 1.82) is 0 Å². The average molecular weight is 717 g/mol. The van der Waals surface area contributed by atoms with Gasteiger partial charge >= 0.3 is 5.97 Å². The molecule has 4 N–H and O–H groups in total. The first-order valence-electron chi connectivity index (χ1n) is 17.6. The summed E-state index contributed by atoms with van der Waals surface area (Å²) in [5.41, 5.74) is 17.9. The molecule has 2 heterocycles. The lowest BCUT2D eigenvalue weighted by Gasteiger charge is -2.48. The summed E-state index contributed by atoms with van der Waals surface area (Å²) in [6.07, 6.45) is -3.57. The first-order valence-corrected chi connectivity index (χ1v) is 17.6. The van der Waals surface area contributed by atoms with Crippen LogP contribution < -0.4 is 16.4 Å². The maximum Gasteiger partial charge on any atom is 0.306 e. The second kappa shape index (κ2) is 20.0. The number of carbonyl (C=O) groups excluding carboxylic acids is 2. The highest BCUT2D eigenvalue weighted by Crippen LogP contribution is 2.37. The van der Waals surface area contributed by atoms with Crippen LogP contribution in [0.25, 0.3) is 10.4 Å². The Morgan fingerprint density at radius 2 is 1.58 bits per heavy atom. The number of ether oxygens (including phenoxy) is 6. The quantitative estimate of drug-likeness (QED) is 0.0693. The summed E-state index contributed by atoms with van der Waals surface area (Å²) in [6.45, 7) is 5.32. The number of fused-ring (bicyclic) bond motifs is 1. The zero-order chi connectivity index (χ0) is 36.7. The minimum atomic E-state index is -0.910. The van der Waals surface area contributed by atoms with Crippen LogP contribution >= 0.6 is 0 Å². The lowest BCUT2D eigenvalue weighted by molar-refractivity contribution is -0.350. The maximum absolute atomic E-state index is 12.3. The number of primary amides is 1. The lowest BCUT2D eigenvalue weighted by atomic mass is 9.95. The molecule has 2 fully saturated rings. The van der Waals surface area contributed by atoms with Gasteiger partial charge in [0.1, 0.15) is 31.0 Å². The largest absolute Gasteiger partial charge is 0.461 e. The maximum atomic E-state index is 12.3. The molecule has 0 saturated carbocycles. The summed E-state index contributed by atoms with van der Waals surface area (Å²) in [4.78, 5) is 27.6. The van der Waals surface area contributed by atoms with E-state index in [1.54, 1.807) is 0 Å². The number of nitrogens with two attached hydrogens (primary N) is 1. The van der Waals surface area contributed by atoms with Crippen molar-refractivity contribution in [3.63, 3.8) is 0 Å². The van der Waals surface area contributed by atoms with E-state index < -0.39 is 54.9 Å². The molecule has 14 nitrogen and oxygen atoms in total. The van der Waals surface area contributed by atoms with Gasteiger partial charge in [-0.15, -0.1) is 0 Å². The molecule has 278 valence electrons. The molecule has 9 atom stereocenters. The van der Waals surface area contributed by atoms with E-state index >= 15 is 0 Å². The number of azide groups is 1. The van der Waals surface area contributed by atoms with Gasteiger partial charge in [-0.2, -0.15) is 0 Å². The van der Waals surface area contributed by atoms with Gasteiger partial charge in [-0.05, 0) is 36.9 Å². The van der Waals surface area contributed by atoms with Gasteiger partial charge < -0.3 is 44.8 Å². The van der Waals surface area contributed by atoms with Gasteiger partial charge in [0, 0.05) is 36.0 Å². The molecule has 3 aromatic rings. The Kier molecular flexibility index (Phi) is 15.0. The number of amides is 1. The van der Waals surface area contributed by atoms with Crippen molar-refractivity contribution in [3.8, 4) is 0 Å². The molecule has 2 aliphatic heterocycles. The van der Waals surface area contributed by atoms with Crippen LogP contribution in [0.1, 0.15) is 49.7 Å². The van der Waals surface area contributed by atoms with Crippen LogP contribution in [0.4, 0.5) is 0 Å². The second-order valence-electron chi connectivity index (χ2n) is 13.0. The number of carbonyl (C=O) groups is 2. The predicted molar refractivity (Wildman–Crippen MR) is 191 cm³/mol. The van der Waals surface area contributed by atoms with Crippen LogP contribution in [-0.4, -0.2) is 80.4 Å². The number of benzene rings is 3. The van der Waals surface area contributed by atoms with Crippen molar-refractivity contribution >= 4 is 11.9 Å². The molecule has 5 rings (SSSR count). The summed E-state index contributed by atoms with van der Waals surface area (Å²) in [6, 6.07) is 26.9. The Labute approximate surface area is 303 Å². The molecule has 52 heavy (non-hydrogen) atoms. The summed E-state index contributed by atoms with van der Waals surface area (Å²) < 4.78 is 36.9. The van der Waals surface area contributed by atoms with E-state index in [9.17, 15) is 15.1 Å². The molecule has 2 saturated heterocycles. The zero-order valence-electron chi connectivity index (χ0n) is 29.5. The van der Waals surface area contributed by atoms with Gasteiger partial charge in [0.15, 0.2) is 12.6 Å². The second-order valence-corrected chi connectivity index (χ2v) is 13.0. The standard InChI is InChI=1S/C38H48N6O8/c1-25(20-42-30(36(39)46)18-19-32(45)47-22-27-12-6-3-7-13-27)41-21-26(2)50-35-33(43-44-40)38(48-23-28-14-8-4-9-15-28)51-31-24-49-37(52-34(31)35)29-16-10-5-11-17-29/h3-17,25-26,30-31,33-35,37-38,41-42H,18-24H2,1-2H3,(H2,39,46)/t25-,26+,30+,31+,33+,34+,35+,37+,38-/m0/s1. The van der Waals surface area contributed by atoms with E-state index in [-0.39, 0.29) is 44.8 Å². The number of nitrogens with one attached hydrogen (secondary N) is 2. The minimum Gasteiger partial charge on any atom is -0.461 e. The molecule has 0 radical (unpaired) electrons. The molecular weight excluding hydrogens is 668 g/mol. The summed E-state index contributed by atoms with van der Waals surface area (Å²) >= 11 is 0. The highest BCUT2D eigenvalue weighted by Gasteiger charge is 2.51. The third-order valence-electron chi connectivity index (χ3n) is 8.86. The number of nitrogens with zero attached hydrogens (tertiary/aromatic N) is 3. The van der Waals surface area contributed by atoms with Crippen LogP contribution in [0.2, 0.25) is 0 Å². The number of rotatable bonds is 19. The van der Waals surface area contributed by atoms with Crippen molar-refractivity contribution in [2.24, 2.45) is 10.8 Å². The molecular formula is C38H48N6O8. The highest BCUT2D eigenvalue weighted by molar-refractivity contribution is 5.80. The first-order chi connectivity index (χ1) is 25.3. The number of esters is 1. The van der Waals surface area contributed by atoms with E-state index in [0.29, 0.717) is 13.1 Å². The Morgan fingerprint density at radius 1 is 0.923 bits per heavy atom.